The Labute approximate surface area is 120 Å². The summed E-state index contributed by atoms with van der Waals surface area (Å²) in [7, 11) is 0. The largest absolute Gasteiger partial charge is 0.508 e. The van der Waals surface area contributed by atoms with Gasteiger partial charge in [-0.15, -0.1) is 10.2 Å². The van der Waals surface area contributed by atoms with Crippen LogP contribution in [0.25, 0.3) is 11.4 Å². The van der Waals surface area contributed by atoms with Crippen LogP contribution in [0.5, 0.6) is 5.75 Å². The van der Waals surface area contributed by atoms with Gasteiger partial charge in [0.1, 0.15) is 5.75 Å². The molecule has 4 rings (SSSR count). The first-order chi connectivity index (χ1) is 9.81. The summed E-state index contributed by atoms with van der Waals surface area (Å²) in [5.41, 5.74) is 2.18. The number of nitrogens with zero attached hydrogens (tertiary/aromatic N) is 4. The lowest BCUT2D eigenvalue weighted by Crippen LogP contribution is -2.26. The molecule has 0 spiro atoms. The molecule has 1 aromatic carbocycles. The normalized spacial score (nSPS) is 21.0. The highest BCUT2D eigenvalue weighted by Gasteiger charge is 2.29. The third-order valence-corrected chi connectivity index (χ3v) is 4.99. The summed E-state index contributed by atoms with van der Waals surface area (Å²) in [5, 5.41) is 24.0. The minimum Gasteiger partial charge on any atom is -0.508 e. The van der Waals surface area contributed by atoms with Gasteiger partial charge in [0, 0.05) is 5.56 Å². The highest BCUT2D eigenvalue weighted by atomic mass is 32.2. The third-order valence-electron chi connectivity index (χ3n) is 3.73. The Balaban J connectivity index is 1.78. The molecule has 1 fully saturated rings. The molecule has 0 radical (unpaired) electrons. The SMILES string of the molecule is Oc1ccc(-c2nnc3n2N=C2CCCCC2S3)cc1. The Morgan fingerprint density at radius 1 is 1.15 bits per heavy atom. The molecule has 1 aliphatic heterocycles. The van der Waals surface area contributed by atoms with E-state index in [1.54, 1.807) is 23.9 Å². The summed E-state index contributed by atoms with van der Waals surface area (Å²) in [4.78, 5) is 0. The maximum absolute atomic E-state index is 9.37. The van der Waals surface area contributed by atoms with Crippen molar-refractivity contribution in [2.75, 3.05) is 0 Å². The van der Waals surface area contributed by atoms with E-state index in [0.29, 0.717) is 5.25 Å². The van der Waals surface area contributed by atoms with Crippen molar-refractivity contribution >= 4 is 17.5 Å². The van der Waals surface area contributed by atoms with Crippen molar-refractivity contribution in [3.05, 3.63) is 24.3 Å². The average Bonchev–Trinajstić information content (AvgIpc) is 2.88. The molecular weight excluding hydrogens is 272 g/mol. The minimum absolute atomic E-state index is 0.250. The topological polar surface area (TPSA) is 63.3 Å². The molecule has 1 N–H and O–H groups in total. The van der Waals surface area contributed by atoms with Crippen molar-refractivity contribution in [2.45, 2.75) is 36.1 Å². The van der Waals surface area contributed by atoms with Crippen molar-refractivity contribution in [1.29, 1.82) is 0 Å². The lowest BCUT2D eigenvalue weighted by molar-refractivity contribution is 0.475. The Kier molecular flexibility index (Phi) is 2.77. The molecule has 0 saturated heterocycles. The molecule has 20 heavy (non-hydrogen) atoms. The molecule has 0 bridgehead atoms. The van der Waals surface area contributed by atoms with Crippen molar-refractivity contribution in [3.8, 4) is 17.1 Å². The summed E-state index contributed by atoms with van der Waals surface area (Å²) in [6, 6.07) is 6.99. The molecule has 2 aromatic rings. The van der Waals surface area contributed by atoms with Gasteiger partial charge < -0.3 is 5.11 Å². The second-order valence-electron chi connectivity index (χ2n) is 5.11. The monoisotopic (exact) mass is 286 g/mol. The molecule has 6 heteroatoms. The molecule has 1 saturated carbocycles. The zero-order chi connectivity index (χ0) is 13.5. The first-order valence-corrected chi connectivity index (χ1v) is 7.68. The van der Waals surface area contributed by atoms with Crippen LogP contribution in [0.3, 0.4) is 0 Å². The summed E-state index contributed by atoms with van der Waals surface area (Å²) in [6.45, 7) is 0. The van der Waals surface area contributed by atoms with Gasteiger partial charge in [-0.2, -0.15) is 9.78 Å². The van der Waals surface area contributed by atoms with Gasteiger partial charge in [-0.3, -0.25) is 0 Å². The fourth-order valence-corrected chi connectivity index (χ4v) is 3.84. The molecule has 0 amide bonds. The molecule has 2 heterocycles. The number of aromatic nitrogens is 3. The maximum atomic E-state index is 9.37. The predicted molar refractivity (Wildman–Crippen MR) is 78.1 cm³/mol. The number of benzene rings is 1. The van der Waals surface area contributed by atoms with Crippen molar-refractivity contribution < 1.29 is 5.11 Å². The zero-order valence-corrected chi connectivity index (χ0v) is 11.7. The van der Waals surface area contributed by atoms with Gasteiger partial charge >= 0.3 is 0 Å². The smallest absolute Gasteiger partial charge is 0.213 e. The van der Waals surface area contributed by atoms with E-state index in [-0.39, 0.29) is 5.75 Å². The Hall–Kier alpha value is -1.82. The molecule has 1 unspecified atom stereocenters. The van der Waals surface area contributed by atoms with Crippen molar-refractivity contribution in [1.82, 2.24) is 14.9 Å². The number of phenols is 1. The van der Waals surface area contributed by atoms with Crippen LogP contribution in [0, 0.1) is 0 Å². The van der Waals surface area contributed by atoms with Crippen LogP contribution in [-0.2, 0) is 0 Å². The van der Waals surface area contributed by atoms with E-state index >= 15 is 0 Å². The van der Waals surface area contributed by atoms with Gasteiger partial charge in [-0.25, -0.2) is 0 Å². The van der Waals surface area contributed by atoms with Crippen molar-refractivity contribution in [3.63, 3.8) is 0 Å². The van der Waals surface area contributed by atoms with Gasteiger partial charge in [-0.05, 0) is 43.5 Å². The molecule has 5 nitrogen and oxygen atoms in total. The number of thioether (sulfide) groups is 1. The highest BCUT2D eigenvalue weighted by molar-refractivity contribution is 8.00. The molecule has 1 aromatic heterocycles. The van der Waals surface area contributed by atoms with Gasteiger partial charge in [0.2, 0.25) is 5.16 Å². The fraction of sp³-hybridized carbons (Fsp3) is 0.357. The van der Waals surface area contributed by atoms with E-state index in [0.717, 1.165) is 23.0 Å². The average molecular weight is 286 g/mol. The summed E-state index contributed by atoms with van der Waals surface area (Å²) in [5.74, 6) is 0.990. The zero-order valence-electron chi connectivity index (χ0n) is 10.9. The van der Waals surface area contributed by atoms with Crippen LogP contribution in [0.4, 0.5) is 0 Å². The Morgan fingerprint density at radius 2 is 2.00 bits per heavy atom. The number of phenolic OH excluding ortho intramolecular Hbond substituents is 1. The summed E-state index contributed by atoms with van der Waals surface area (Å²) >= 11 is 1.77. The number of hydrogen-bond acceptors (Lipinski definition) is 5. The van der Waals surface area contributed by atoms with Crippen LogP contribution in [0.2, 0.25) is 0 Å². The van der Waals surface area contributed by atoms with Crippen LogP contribution in [0.1, 0.15) is 25.7 Å². The first kappa shape index (κ1) is 12.0. The van der Waals surface area contributed by atoms with Crippen LogP contribution < -0.4 is 0 Å². The third kappa shape index (κ3) is 1.91. The second-order valence-corrected chi connectivity index (χ2v) is 6.28. The molecule has 102 valence electrons. The van der Waals surface area contributed by atoms with Gasteiger partial charge in [0.15, 0.2) is 5.82 Å². The summed E-state index contributed by atoms with van der Waals surface area (Å²) in [6.07, 6.45) is 4.76. The van der Waals surface area contributed by atoms with E-state index in [2.05, 4.69) is 10.2 Å². The van der Waals surface area contributed by atoms with E-state index < -0.39 is 0 Å². The second kappa shape index (κ2) is 4.63. The lowest BCUT2D eigenvalue weighted by Gasteiger charge is -2.26. The van der Waals surface area contributed by atoms with Gasteiger partial charge in [0.05, 0.1) is 11.0 Å². The molecule has 1 aliphatic carbocycles. The number of aromatic hydroxyl groups is 1. The Bertz CT molecular complexity index is 677. The van der Waals surface area contributed by atoms with E-state index in [9.17, 15) is 5.11 Å². The molecule has 2 aliphatic rings. The van der Waals surface area contributed by atoms with E-state index in [1.165, 1.54) is 25.0 Å². The first-order valence-electron chi connectivity index (χ1n) is 6.80. The number of hydrogen-bond donors (Lipinski definition) is 1. The highest BCUT2D eigenvalue weighted by Crippen LogP contribution is 2.36. The van der Waals surface area contributed by atoms with E-state index in [4.69, 9.17) is 5.10 Å². The van der Waals surface area contributed by atoms with E-state index in [1.807, 2.05) is 16.8 Å². The number of rotatable bonds is 1. The quantitative estimate of drug-likeness (QED) is 0.875. The van der Waals surface area contributed by atoms with Crippen LogP contribution >= 0.6 is 11.8 Å². The van der Waals surface area contributed by atoms with Gasteiger partial charge in [-0.1, -0.05) is 18.2 Å². The Morgan fingerprint density at radius 3 is 2.85 bits per heavy atom. The summed E-state index contributed by atoms with van der Waals surface area (Å²) < 4.78 is 1.84. The predicted octanol–water partition coefficient (Wildman–Crippen LogP) is 2.90. The van der Waals surface area contributed by atoms with Crippen LogP contribution in [-0.4, -0.2) is 30.9 Å². The standard InChI is InChI=1S/C14H14N4OS/c19-10-7-5-9(6-8-10)13-15-16-14-18(13)17-11-3-1-2-4-12(11)20-14/h5-8,12,19H,1-4H2. The molecule has 1 atom stereocenters. The van der Waals surface area contributed by atoms with Crippen molar-refractivity contribution in [2.24, 2.45) is 5.10 Å². The lowest BCUT2D eigenvalue weighted by atomic mass is 9.98. The van der Waals surface area contributed by atoms with Crippen LogP contribution in [0.15, 0.2) is 34.5 Å². The minimum atomic E-state index is 0.250. The van der Waals surface area contributed by atoms with Gasteiger partial charge in [0.25, 0.3) is 0 Å². The maximum Gasteiger partial charge on any atom is 0.213 e. The number of fused-ring (bicyclic) bond motifs is 2. The fourth-order valence-electron chi connectivity index (χ4n) is 2.68. The molecular formula is C14H14N4OS.